The number of pyridine rings is 2. The van der Waals surface area contributed by atoms with Crippen molar-refractivity contribution in [1.82, 2.24) is 50.8 Å². The summed E-state index contributed by atoms with van der Waals surface area (Å²) in [5.74, 6) is -7.58. The third-order valence-electron chi connectivity index (χ3n) is 16.1. The fourth-order valence-corrected chi connectivity index (χ4v) is 11.9. The molecule has 0 saturated carbocycles. The lowest BCUT2D eigenvalue weighted by Gasteiger charge is -2.26. The van der Waals surface area contributed by atoms with E-state index in [1.165, 1.54) is 50.8 Å². The Morgan fingerprint density at radius 1 is 0.500 bits per heavy atom. The number of aromatic nitrogens is 6. The van der Waals surface area contributed by atoms with E-state index in [2.05, 4.69) is 41.4 Å². The minimum Gasteiger partial charge on any atom is -0.355 e. The molecule has 0 radical (unpaired) electrons. The van der Waals surface area contributed by atoms with Crippen molar-refractivity contribution in [1.29, 1.82) is 0 Å². The first-order chi connectivity index (χ1) is 43.8. The molecule has 0 spiro atoms. The quantitative estimate of drug-likeness (QED) is 0.0613. The molecule has 26 heteroatoms. The lowest BCUT2D eigenvalue weighted by Crippen LogP contribution is -2.37. The summed E-state index contributed by atoms with van der Waals surface area (Å²) in [7, 11) is 2.71. The standard InChI is InChI=1S/2C33H31F6N5O2/c2*1-3-27(44-28-9-5-4-7-23(28)30(43-44)33(37,38)39)32(46)42-26(15-18-13-20(34)17-21(35)14-18)29-22(8-6-12-41-29)19-10-11-25(36)24(16-19)31(45)40-2/h2*6,8,10-14,16-17,26-27H,3-5,7,9,15H2,1-2H3,(H,40,45)(H,42,46)/t26-,27+;26-,27-/m00/s1. The van der Waals surface area contributed by atoms with Gasteiger partial charge in [0.1, 0.15) is 47.0 Å². The minimum atomic E-state index is -4.70. The molecule has 0 saturated heterocycles. The predicted octanol–water partition coefficient (Wildman–Crippen LogP) is 13.3. The topological polar surface area (TPSA) is 178 Å². The van der Waals surface area contributed by atoms with Gasteiger partial charge in [-0.15, -0.1) is 0 Å². The van der Waals surface area contributed by atoms with Gasteiger partial charge in [-0.25, -0.2) is 26.3 Å². The molecule has 0 fully saturated rings. The number of hydrogen-bond acceptors (Lipinski definition) is 8. The largest absolute Gasteiger partial charge is 0.435 e. The van der Waals surface area contributed by atoms with E-state index in [1.54, 1.807) is 38.1 Å². The van der Waals surface area contributed by atoms with E-state index in [0.717, 1.165) is 45.8 Å². The number of nitrogens with one attached hydrogen (secondary N) is 4. The van der Waals surface area contributed by atoms with E-state index in [0.29, 0.717) is 84.3 Å². The SMILES string of the molecule is CC[C@@H](C(=O)N[C@@H](Cc1cc(F)cc(F)c1)c1ncccc1-c1ccc(F)c(C(=O)NC)c1)n1nc(C(F)(F)F)c2c1CCCC2.CC[C@H](C(=O)N[C@@H](Cc1cc(F)cc(F)c1)c1ncccc1-c1ccc(F)c(C(=O)NC)c1)n1nc(C(F)(F)F)c2c1CCCC2. The summed E-state index contributed by atoms with van der Waals surface area (Å²) in [5.41, 5.74) is 0.726. The van der Waals surface area contributed by atoms with E-state index in [9.17, 15) is 71.9 Å². The van der Waals surface area contributed by atoms with Gasteiger partial charge in [0, 0.05) is 72.3 Å². The predicted molar refractivity (Wildman–Crippen MR) is 314 cm³/mol. The third kappa shape index (κ3) is 15.0. The molecule has 0 bridgehead atoms. The van der Waals surface area contributed by atoms with Crippen LogP contribution >= 0.6 is 0 Å². The van der Waals surface area contributed by atoms with Gasteiger partial charge < -0.3 is 21.3 Å². The van der Waals surface area contributed by atoms with E-state index < -0.39 is 106 Å². The highest BCUT2D eigenvalue weighted by Crippen LogP contribution is 2.40. The molecular weight excluding hydrogens is 1220 g/mol. The molecule has 4 N–H and O–H groups in total. The lowest BCUT2D eigenvalue weighted by atomic mass is 9.94. The molecule has 4 atom stereocenters. The molecule has 14 nitrogen and oxygen atoms in total. The highest BCUT2D eigenvalue weighted by Gasteiger charge is 2.43. The summed E-state index contributed by atoms with van der Waals surface area (Å²) in [4.78, 5) is 61.5. The van der Waals surface area contributed by atoms with Crippen molar-refractivity contribution in [2.24, 2.45) is 0 Å². The number of nitrogens with zero attached hydrogens (tertiary/aromatic N) is 6. The molecule has 2 aliphatic carbocycles. The highest BCUT2D eigenvalue weighted by atomic mass is 19.4. The number of carbonyl (C=O) groups is 4. The Hall–Kier alpha value is -9.36. The van der Waals surface area contributed by atoms with Crippen LogP contribution in [0.2, 0.25) is 0 Å². The fraction of sp³-hybridized carbons (Fsp3) is 0.333. The molecule has 4 amide bonds. The van der Waals surface area contributed by atoms with Crippen molar-refractivity contribution in [3.8, 4) is 22.3 Å². The number of alkyl halides is 6. The van der Waals surface area contributed by atoms with Gasteiger partial charge in [-0.2, -0.15) is 36.5 Å². The Morgan fingerprint density at radius 2 is 0.859 bits per heavy atom. The van der Waals surface area contributed by atoms with Gasteiger partial charge in [-0.1, -0.05) is 38.1 Å². The second kappa shape index (κ2) is 28.4. The smallest absolute Gasteiger partial charge is 0.355 e. The summed E-state index contributed by atoms with van der Waals surface area (Å²) in [5, 5.41) is 18.2. The van der Waals surface area contributed by atoms with Gasteiger partial charge in [0.2, 0.25) is 11.8 Å². The zero-order chi connectivity index (χ0) is 66.3. The van der Waals surface area contributed by atoms with Gasteiger partial charge in [0.05, 0.1) is 34.6 Å². The van der Waals surface area contributed by atoms with Crippen molar-refractivity contribution < 1.29 is 71.9 Å². The minimum absolute atomic E-state index is 0.0898. The van der Waals surface area contributed by atoms with Crippen molar-refractivity contribution in [2.75, 3.05) is 14.1 Å². The number of carbonyl (C=O) groups excluding carboxylic acids is 4. The number of hydrogen-bond donors (Lipinski definition) is 4. The molecule has 0 aliphatic heterocycles. The van der Waals surface area contributed by atoms with Gasteiger partial charge >= 0.3 is 12.4 Å². The number of fused-ring (bicyclic) bond motifs is 2. The zero-order valence-electron chi connectivity index (χ0n) is 50.0. The average molecular weight is 1290 g/mol. The summed E-state index contributed by atoms with van der Waals surface area (Å²) in [6.07, 6.45) is -3.15. The zero-order valence-corrected chi connectivity index (χ0v) is 50.0. The van der Waals surface area contributed by atoms with Gasteiger partial charge in [0.15, 0.2) is 11.4 Å². The monoisotopic (exact) mass is 1290 g/mol. The van der Waals surface area contributed by atoms with Crippen molar-refractivity contribution in [3.63, 3.8) is 0 Å². The first-order valence-corrected chi connectivity index (χ1v) is 29.6. The Bertz CT molecular complexity index is 3760. The molecule has 92 heavy (non-hydrogen) atoms. The third-order valence-corrected chi connectivity index (χ3v) is 16.1. The summed E-state index contributed by atoms with van der Waals surface area (Å²) < 4.78 is 172. The van der Waals surface area contributed by atoms with E-state index >= 15 is 0 Å². The van der Waals surface area contributed by atoms with Crippen LogP contribution in [0.4, 0.5) is 52.7 Å². The van der Waals surface area contributed by atoms with Gasteiger partial charge in [-0.05, 0) is 160 Å². The van der Waals surface area contributed by atoms with Crippen LogP contribution in [0.3, 0.4) is 0 Å². The Labute approximate surface area is 520 Å². The van der Waals surface area contributed by atoms with E-state index in [-0.39, 0.29) is 83.3 Å². The summed E-state index contributed by atoms with van der Waals surface area (Å²) in [6, 6.07) is 15.6. The van der Waals surface area contributed by atoms with Crippen LogP contribution in [0.15, 0.2) is 109 Å². The van der Waals surface area contributed by atoms with Gasteiger partial charge in [0.25, 0.3) is 11.8 Å². The summed E-state index contributed by atoms with van der Waals surface area (Å²) in [6.45, 7) is 3.30. The van der Waals surface area contributed by atoms with E-state index in [4.69, 9.17) is 0 Å². The Balaban J connectivity index is 0.000000217. The first-order valence-electron chi connectivity index (χ1n) is 29.6. The number of benzene rings is 4. The Morgan fingerprint density at radius 3 is 1.20 bits per heavy atom. The number of amides is 4. The summed E-state index contributed by atoms with van der Waals surface area (Å²) >= 11 is 0. The van der Waals surface area contributed by atoms with Gasteiger partial charge in [-0.3, -0.25) is 38.5 Å². The molecule has 10 rings (SSSR count). The fourth-order valence-electron chi connectivity index (χ4n) is 11.9. The maximum Gasteiger partial charge on any atom is 0.435 e. The highest BCUT2D eigenvalue weighted by molar-refractivity contribution is 5.96. The van der Waals surface area contributed by atoms with Crippen molar-refractivity contribution in [2.45, 2.75) is 127 Å². The molecule has 484 valence electrons. The molecular formula is C66H62F12N10O4. The number of halogens is 12. The first kappa shape index (κ1) is 67.0. The van der Waals surface area contributed by atoms with Crippen LogP contribution in [-0.4, -0.2) is 67.3 Å². The van der Waals surface area contributed by atoms with Crippen molar-refractivity contribution >= 4 is 23.6 Å². The van der Waals surface area contributed by atoms with Crippen LogP contribution in [0.25, 0.3) is 22.3 Å². The van der Waals surface area contributed by atoms with Crippen LogP contribution in [0.1, 0.15) is 154 Å². The second-order valence-electron chi connectivity index (χ2n) is 22.2. The van der Waals surface area contributed by atoms with Crippen molar-refractivity contribution in [3.05, 3.63) is 212 Å². The molecule has 2 aliphatic rings. The lowest BCUT2D eigenvalue weighted by molar-refractivity contribution is -0.143. The van der Waals surface area contributed by atoms with Crippen LogP contribution in [-0.2, 0) is 60.5 Å². The van der Waals surface area contributed by atoms with Crippen LogP contribution in [0.5, 0.6) is 0 Å². The molecule has 0 unspecified atom stereocenters. The van der Waals surface area contributed by atoms with Crippen LogP contribution < -0.4 is 21.3 Å². The molecule has 4 heterocycles. The second-order valence-corrected chi connectivity index (χ2v) is 22.2. The molecule has 4 aromatic carbocycles. The average Bonchev–Trinajstić information content (AvgIpc) is 1.43. The Kier molecular flexibility index (Phi) is 20.7. The van der Waals surface area contributed by atoms with E-state index in [1.807, 2.05) is 0 Å². The van der Waals surface area contributed by atoms with Crippen LogP contribution in [0, 0.1) is 34.9 Å². The molecule has 4 aromatic heterocycles. The maximum atomic E-state index is 14.5. The molecule has 8 aromatic rings. The maximum absolute atomic E-state index is 14.5. The number of rotatable bonds is 18. The normalized spacial score (nSPS) is 14.3.